The average molecular weight is 347 g/mol. The summed E-state index contributed by atoms with van der Waals surface area (Å²) in [6, 6.07) is 12.0. The Labute approximate surface area is 148 Å². The van der Waals surface area contributed by atoms with E-state index in [1.807, 2.05) is 41.3 Å². The standard InChI is InChI=1S/C19H22N2O2.ClH/c1-23-18-9-7-15(13-4-2-3-5-14(13)18)19(22)21-10-12-6-8-17(20)16(12)11-21;/h2-5,7,9,12,16-17H,6,8,10-11,20H2,1H3;1H. The van der Waals surface area contributed by atoms with Crippen LogP contribution in [0.5, 0.6) is 5.75 Å². The number of hydrogen-bond acceptors (Lipinski definition) is 3. The van der Waals surface area contributed by atoms with Crippen LogP contribution in [-0.4, -0.2) is 37.0 Å². The second kappa shape index (κ2) is 6.61. The third-order valence-electron chi connectivity index (χ3n) is 5.53. The lowest BCUT2D eigenvalue weighted by atomic mass is 9.98. The quantitative estimate of drug-likeness (QED) is 0.909. The summed E-state index contributed by atoms with van der Waals surface area (Å²) in [5, 5.41) is 1.94. The molecule has 2 aromatic rings. The summed E-state index contributed by atoms with van der Waals surface area (Å²) in [5.41, 5.74) is 6.95. The topological polar surface area (TPSA) is 55.6 Å². The zero-order valence-electron chi connectivity index (χ0n) is 13.8. The lowest BCUT2D eigenvalue weighted by Crippen LogP contribution is -2.33. The third-order valence-corrected chi connectivity index (χ3v) is 5.53. The largest absolute Gasteiger partial charge is 0.496 e. The van der Waals surface area contributed by atoms with Gasteiger partial charge in [0.2, 0.25) is 0 Å². The van der Waals surface area contributed by atoms with E-state index in [4.69, 9.17) is 10.5 Å². The van der Waals surface area contributed by atoms with Crippen LogP contribution in [0.2, 0.25) is 0 Å². The van der Waals surface area contributed by atoms with Crippen molar-refractivity contribution in [3.63, 3.8) is 0 Å². The zero-order valence-corrected chi connectivity index (χ0v) is 14.6. The second-order valence-electron chi connectivity index (χ2n) is 6.74. The molecular formula is C19H23ClN2O2. The number of likely N-dealkylation sites (tertiary alicyclic amines) is 1. The molecule has 2 fully saturated rings. The highest BCUT2D eigenvalue weighted by molar-refractivity contribution is 6.08. The number of carbonyl (C=O) groups excluding carboxylic acids is 1. The molecule has 2 aliphatic rings. The summed E-state index contributed by atoms with van der Waals surface area (Å²) in [7, 11) is 1.66. The first-order chi connectivity index (χ1) is 11.2. The molecule has 0 bridgehead atoms. The number of hydrogen-bond donors (Lipinski definition) is 1. The Morgan fingerprint density at radius 3 is 2.58 bits per heavy atom. The van der Waals surface area contributed by atoms with Crippen molar-refractivity contribution in [2.45, 2.75) is 18.9 Å². The number of halogens is 1. The fourth-order valence-electron chi connectivity index (χ4n) is 4.28. The number of amides is 1. The van der Waals surface area contributed by atoms with E-state index in [1.165, 1.54) is 0 Å². The average Bonchev–Trinajstić information content (AvgIpc) is 3.15. The number of benzene rings is 2. The molecule has 1 amide bonds. The van der Waals surface area contributed by atoms with Gasteiger partial charge in [0, 0.05) is 30.1 Å². The maximum absolute atomic E-state index is 13.0. The Morgan fingerprint density at radius 2 is 1.88 bits per heavy atom. The lowest BCUT2D eigenvalue weighted by Gasteiger charge is -2.20. The summed E-state index contributed by atoms with van der Waals surface area (Å²) in [5.74, 6) is 1.98. The van der Waals surface area contributed by atoms with Gasteiger partial charge in [-0.1, -0.05) is 24.3 Å². The minimum Gasteiger partial charge on any atom is -0.496 e. The van der Waals surface area contributed by atoms with E-state index in [0.29, 0.717) is 11.8 Å². The van der Waals surface area contributed by atoms with Gasteiger partial charge in [0.1, 0.15) is 5.75 Å². The summed E-state index contributed by atoms with van der Waals surface area (Å²) in [6.45, 7) is 1.64. The second-order valence-corrected chi connectivity index (χ2v) is 6.74. The normalized spacial score (nSPS) is 25.4. The van der Waals surface area contributed by atoms with Gasteiger partial charge in [0.25, 0.3) is 5.91 Å². The van der Waals surface area contributed by atoms with Crippen molar-refractivity contribution < 1.29 is 9.53 Å². The molecule has 1 aliphatic carbocycles. The number of fused-ring (bicyclic) bond motifs is 2. The highest BCUT2D eigenvalue weighted by atomic mass is 35.5. The van der Waals surface area contributed by atoms with Crippen molar-refractivity contribution in [3.8, 4) is 5.75 Å². The van der Waals surface area contributed by atoms with Crippen molar-refractivity contribution in [1.82, 2.24) is 4.90 Å². The SMILES string of the molecule is COc1ccc(C(=O)N2CC3CCC(N)C3C2)c2ccccc12.Cl. The number of ether oxygens (including phenoxy) is 1. The third kappa shape index (κ3) is 2.64. The van der Waals surface area contributed by atoms with E-state index >= 15 is 0 Å². The van der Waals surface area contributed by atoms with Crippen molar-refractivity contribution in [2.24, 2.45) is 17.6 Å². The Morgan fingerprint density at radius 1 is 1.12 bits per heavy atom. The molecule has 0 radical (unpaired) electrons. The van der Waals surface area contributed by atoms with Gasteiger partial charge in [-0.15, -0.1) is 12.4 Å². The highest BCUT2D eigenvalue weighted by Gasteiger charge is 2.42. The lowest BCUT2D eigenvalue weighted by molar-refractivity contribution is 0.0781. The van der Waals surface area contributed by atoms with Crippen LogP contribution in [0.25, 0.3) is 10.8 Å². The van der Waals surface area contributed by atoms with Crippen molar-refractivity contribution in [2.75, 3.05) is 20.2 Å². The first-order valence-corrected chi connectivity index (χ1v) is 8.29. The summed E-state index contributed by atoms with van der Waals surface area (Å²) in [4.78, 5) is 15.0. The van der Waals surface area contributed by atoms with Crippen molar-refractivity contribution in [3.05, 3.63) is 42.0 Å². The van der Waals surface area contributed by atoms with E-state index in [1.54, 1.807) is 7.11 Å². The van der Waals surface area contributed by atoms with Crippen LogP contribution in [0, 0.1) is 11.8 Å². The Hall–Kier alpha value is -1.78. The number of nitrogens with two attached hydrogens (primary N) is 1. The minimum absolute atomic E-state index is 0. The van der Waals surface area contributed by atoms with Crippen LogP contribution in [0.3, 0.4) is 0 Å². The first-order valence-electron chi connectivity index (χ1n) is 8.29. The van der Waals surface area contributed by atoms with Crippen LogP contribution in [-0.2, 0) is 0 Å². The molecule has 128 valence electrons. The monoisotopic (exact) mass is 346 g/mol. The minimum atomic E-state index is 0. The predicted molar refractivity (Wildman–Crippen MR) is 97.8 cm³/mol. The Bertz CT molecular complexity index is 764. The maximum Gasteiger partial charge on any atom is 0.254 e. The molecule has 2 aromatic carbocycles. The molecule has 0 aromatic heterocycles. The Balaban J connectivity index is 0.00000169. The van der Waals surface area contributed by atoms with E-state index in [2.05, 4.69) is 0 Å². The molecule has 4 rings (SSSR count). The molecule has 3 atom stereocenters. The fraction of sp³-hybridized carbons (Fsp3) is 0.421. The molecule has 24 heavy (non-hydrogen) atoms. The van der Waals surface area contributed by atoms with Gasteiger partial charge in [0.05, 0.1) is 7.11 Å². The molecular weight excluding hydrogens is 324 g/mol. The molecule has 4 nitrogen and oxygen atoms in total. The first kappa shape index (κ1) is 17.1. The number of methoxy groups -OCH3 is 1. The van der Waals surface area contributed by atoms with Crippen LogP contribution >= 0.6 is 12.4 Å². The zero-order chi connectivity index (χ0) is 16.0. The predicted octanol–water partition coefficient (Wildman–Crippen LogP) is 3.08. The van der Waals surface area contributed by atoms with Crippen LogP contribution < -0.4 is 10.5 Å². The Kier molecular flexibility index (Phi) is 4.70. The molecule has 1 aliphatic heterocycles. The highest BCUT2D eigenvalue weighted by Crippen LogP contribution is 2.38. The molecule has 3 unspecified atom stereocenters. The number of rotatable bonds is 2. The molecule has 1 saturated carbocycles. The van der Waals surface area contributed by atoms with Crippen LogP contribution in [0.15, 0.2) is 36.4 Å². The van der Waals surface area contributed by atoms with Gasteiger partial charge >= 0.3 is 0 Å². The van der Waals surface area contributed by atoms with Gasteiger partial charge in [0.15, 0.2) is 0 Å². The smallest absolute Gasteiger partial charge is 0.254 e. The fourth-order valence-corrected chi connectivity index (χ4v) is 4.28. The van der Waals surface area contributed by atoms with E-state index in [9.17, 15) is 4.79 Å². The summed E-state index contributed by atoms with van der Waals surface area (Å²) >= 11 is 0. The molecule has 5 heteroatoms. The number of carbonyl (C=O) groups is 1. The van der Waals surface area contributed by atoms with Gasteiger partial charge in [-0.2, -0.15) is 0 Å². The molecule has 0 spiro atoms. The van der Waals surface area contributed by atoms with Gasteiger partial charge in [-0.25, -0.2) is 0 Å². The maximum atomic E-state index is 13.0. The van der Waals surface area contributed by atoms with Crippen molar-refractivity contribution in [1.29, 1.82) is 0 Å². The summed E-state index contributed by atoms with van der Waals surface area (Å²) < 4.78 is 5.42. The van der Waals surface area contributed by atoms with Crippen LogP contribution in [0.1, 0.15) is 23.2 Å². The van der Waals surface area contributed by atoms with Crippen LogP contribution in [0.4, 0.5) is 0 Å². The van der Waals surface area contributed by atoms with Gasteiger partial charge in [-0.05, 0) is 42.2 Å². The van der Waals surface area contributed by atoms with E-state index in [-0.39, 0.29) is 24.4 Å². The van der Waals surface area contributed by atoms with E-state index in [0.717, 1.165) is 48.0 Å². The molecule has 2 N–H and O–H groups in total. The van der Waals surface area contributed by atoms with Gasteiger partial charge in [-0.3, -0.25) is 4.79 Å². The summed E-state index contributed by atoms with van der Waals surface area (Å²) in [6.07, 6.45) is 2.25. The molecule has 1 saturated heterocycles. The van der Waals surface area contributed by atoms with Crippen molar-refractivity contribution >= 4 is 29.1 Å². The van der Waals surface area contributed by atoms with E-state index < -0.39 is 0 Å². The van der Waals surface area contributed by atoms with Gasteiger partial charge < -0.3 is 15.4 Å². The molecule has 1 heterocycles. The number of nitrogens with zero attached hydrogens (tertiary/aromatic N) is 1.